The second kappa shape index (κ2) is 13.9. The number of carboxylic acid groups (broad SMARTS) is 1. The molecular formula is C30H29F3N4O4. The summed E-state index contributed by atoms with van der Waals surface area (Å²) in [5.41, 5.74) is 9.47. The Morgan fingerprint density at radius 1 is 0.927 bits per heavy atom. The molecule has 1 heterocycles. The van der Waals surface area contributed by atoms with Gasteiger partial charge in [-0.15, -0.1) is 0 Å². The maximum atomic E-state index is 13.2. The first-order valence-corrected chi connectivity index (χ1v) is 12.5. The zero-order chi connectivity index (χ0) is 30.0. The number of fused-ring (bicyclic) bond motifs is 1. The zero-order valence-corrected chi connectivity index (χ0v) is 22.1. The standard InChI is InChI=1S/C28H28N4O2.C2HF3O2/c1-19-7-2-3-9-22(19)16-27(33)32-25(28(34)31-18-20-13-14-26(29)30-17-20)15-23-11-6-10-21-8-4-5-12-24(21)23;3-2(4,5)1(6)7/h2-14,17,25H,15-16,18H2,1H3,(H2,29,30)(H,31,34)(H,32,33);(H,6,7)/t25-;/m0./s1. The summed E-state index contributed by atoms with van der Waals surface area (Å²) in [6.45, 7) is 2.27. The number of aryl methyl sites for hydroxylation is 1. The lowest BCUT2D eigenvalue weighted by Gasteiger charge is -2.20. The SMILES string of the molecule is Cc1ccccc1CC(=O)N[C@@H](Cc1cccc2ccccc12)C(=O)NCc1ccc(N)nc1.O=C(O)C(F)(F)F. The fraction of sp³-hybridized carbons (Fsp3) is 0.200. The summed E-state index contributed by atoms with van der Waals surface area (Å²) in [7, 11) is 0. The number of aliphatic carboxylic acids is 1. The third kappa shape index (κ3) is 9.34. The number of anilines is 1. The molecule has 1 atom stereocenters. The number of nitrogens with one attached hydrogen (secondary N) is 2. The molecule has 0 aliphatic carbocycles. The molecule has 5 N–H and O–H groups in total. The highest BCUT2D eigenvalue weighted by Crippen LogP contribution is 2.20. The first kappa shape index (κ1) is 30.6. The third-order valence-corrected chi connectivity index (χ3v) is 6.12. The van der Waals surface area contributed by atoms with E-state index in [9.17, 15) is 22.8 Å². The van der Waals surface area contributed by atoms with Crippen molar-refractivity contribution in [1.29, 1.82) is 0 Å². The number of hydrogen-bond acceptors (Lipinski definition) is 5. The number of hydrogen-bond donors (Lipinski definition) is 4. The molecule has 0 aliphatic rings. The minimum Gasteiger partial charge on any atom is -0.475 e. The number of amides is 2. The summed E-state index contributed by atoms with van der Waals surface area (Å²) >= 11 is 0. The molecule has 0 bridgehead atoms. The van der Waals surface area contributed by atoms with E-state index in [0.29, 0.717) is 18.8 Å². The highest BCUT2D eigenvalue weighted by molar-refractivity contribution is 5.90. The van der Waals surface area contributed by atoms with E-state index in [0.717, 1.165) is 33.0 Å². The molecule has 8 nitrogen and oxygen atoms in total. The van der Waals surface area contributed by atoms with Gasteiger partial charge < -0.3 is 21.5 Å². The fourth-order valence-electron chi connectivity index (χ4n) is 3.98. The van der Waals surface area contributed by atoms with Crippen molar-refractivity contribution in [3.8, 4) is 0 Å². The molecule has 0 unspecified atom stereocenters. The van der Waals surface area contributed by atoms with E-state index in [2.05, 4.69) is 15.6 Å². The van der Waals surface area contributed by atoms with Gasteiger partial charge in [-0.1, -0.05) is 72.8 Å². The predicted molar refractivity (Wildman–Crippen MR) is 149 cm³/mol. The number of aromatic nitrogens is 1. The Hall–Kier alpha value is -4.93. The van der Waals surface area contributed by atoms with Gasteiger partial charge in [0.2, 0.25) is 11.8 Å². The monoisotopic (exact) mass is 566 g/mol. The van der Waals surface area contributed by atoms with Gasteiger partial charge in [0, 0.05) is 19.2 Å². The van der Waals surface area contributed by atoms with Gasteiger partial charge in [-0.05, 0) is 46.0 Å². The van der Waals surface area contributed by atoms with Crippen LogP contribution in [0.25, 0.3) is 10.8 Å². The molecule has 1 aromatic heterocycles. The number of alkyl halides is 3. The quantitative estimate of drug-likeness (QED) is 0.251. The van der Waals surface area contributed by atoms with Crippen molar-refractivity contribution in [2.24, 2.45) is 0 Å². The van der Waals surface area contributed by atoms with Crippen molar-refractivity contribution in [3.05, 3.63) is 107 Å². The van der Waals surface area contributed by atoms with Crippen LogP contribution in [0.15, 0.2) is 85.1 Å². The van der Waals surface area contributed by atoms with Crippen LogP contribution in [0.1, 0.15) is 22.3 Å². The Morgan fingerprint density at radius 2 is 1.56 bits per heavy atom. The number of carbonyl (C=O) groups is 3. The number of halogens is 3. The Bertz CT molecular complexity index is 1500. The number of nitrogen functional groups attached to an aromatic ring is 1. The minimum absolute atomic E-state index is 0.191. The number of nitrogens with two attached hydrogens (primary N) is 1. The number of carboxylic acids is 1. The molecule has 11 heteroatoms. The van der Waals surface area contributed by atoms with Gasteiger partial charge in [0.1, 0.15) is 11.9 Å². The van der Waals surface area contributed by atoms with Gasteiger partial charge in [0.15, 0.2) is 0 Å². The number of pyridine rings is 1. The van der Waals surface area contributed by atoms with Crippen LogP contribution in [0.3, 0.4) is 0 Å². The van der Waals surface area contributed by atoms with Crippen molar-refractivity contribution in [2.45, 2.75) is 38.5 Å². The van der Waals surface area contributed by atoms with Gasteiger partial charge in [-0.25, -0.2) is 9.78 Å². The molecule has 4 aromatic rings. The minimum atomic E-state index is -5.08. The van der Waals surface area contributed by atoms with Crippen molar-refractivity contribution < 1.29 is 32.7 Å². The Morgan fingerprint density at radius 3 is 2.22 bits per heavy atom. The molecule has 4 rings (SSSR count). The van der Waals surface area contributed by atoms with Crippen molar-refractivity contribution in [2.75, 3.05) is 5.73 Å². The lowest BCUT2D eigenvalue weighted by molar-refractivity contribution is -0.192. The summed E-state index contributed by atoms with van der Waals surface area (Å²) in [5, 5.41) is 15.2. The van der Waals surface area contributed by atoms with E-state index in [4.69, 9.17) is 15.6 Å². The molecule has 2 amide bonds. The third-order valence-electron chi connectivity index (χ3n) is 6.12. The summed E-state index contributed by atoms with van der Waals surface area (Å²) in [4.78, 5) is 39.1. The Labute approximate surface area is 234 Å². The molecule has 0 fully saturated rings. The van der Waals surface area contributed by atoms with E-state index in [-0.39, 0.29) is 18.2 Å². The van der Waals surface area contributed by atoms with Crippen LogP contribution in [-0.2, 0) is 33.8 Å². The highest BCUT2D eigenvalue weighted by Gasteiger charge is 2.38. The average molecular weight is 567 g/mol. The second-order valence-electron chi connectivity index (χ2n) is 9.18. The van der Waals surface area contributed by atoms with E-state index < -0.39 is 18.2 Å². The van der Waals surface area contributed by atoms with E-state index in [1.54, 1.807) is 12.3 Å². The van der Waals surface area contributed by atoms with E-state index in [1.165, 1.54) is 0 Å². The molecule has 0 radical (unpaired) electrons. The maximum absolute atomic E-state index is 13.2. The van der Waals surface area contributed by atoms with Crippen LogP contribution in [0.4, 0.5) is 19.0 Å². The van der Waals surface area contributed by atoms with E-state index in [1.807, 2.05) is 79.7 Å². The molecule has 0 saturated heterocycles. The summed E-state index contributed by atoms with van der Waals surface area (Å²) in [6.07, 6.45) is -2.85. The molecular weight excluding hydrogens is 537 g/mol. The fourth-order valence-corrected chi connectivity index (χ4v) is 3.98. The number of rotatable bonds is 8. The maximum Gasteiger partial charge on any atom is 0.490 e. The molecule has 0 aliphatic heterocycles. The normalized spacial score (nSPS) is 11.6. The molecule has 0 spiro atoms. The highest BCUT2D eigenvalue weighted by atomic mass is 19.4. The van der Waals surface area contributed by atoms with Crippen molar-refractivity contribution in [1.82, 2.24) is 15.6 Å². The van der Waals surface area contributed by atoms with Gasteiger partial charge in [0.25, 0.3) is 0 Å². The summed E-state index contributed by atoms with van der Waals surface area (Å²) < 4.78 is 31.7. The van der Waals surface area contributed by atoms with Crippen molar-refractivity contribution >= 4 is 34.4 Å². The summed E-state index contributed by atoms with van der Waals surface area (Å²) in [6, 6.07) is 24.6. The summed E-state index contributed by atoms with van der Waals surface area (Å²) in [5.74, 6) is -2.77. The van der Waals surface area contributed by atoms with Crippen molar-refractivity contribution in [3.63, 3.8) is 0 Å². The lowest BCUT2D eigenvalue weighted by atomic mass is 9.98. The topological polar surface area (TPSA) is 134 Å². The van der Waals surface area contributed by atoms with Crippen LogP contribution >= 0.6 is 0 Å². The van der Waals surface area contributed by atoms with Gasteiger partial charge in [-0.2, -0.15) is 13.2 Å². The van der Waals surface area contributed by atoms with Gasteiger partial charge >= 0.3 is 12.1 Å². The van der Waals surface area contributed by atoms with Crippen LogP contribution in [0.5, 0.6) is 0 Å². The van der Waals surface area contributed by atoms with Crippen LogP contribution < -0.4 is 16.4 Å². The van der Waals surface area contributed by atoms with Gasteiger partial charge in [0.05, 0.1) is 6.42 Å². The predicted octanol–water partition coefficient (Wildman–Crippen LogP) is 4.35. The van der Waals surface area contributed by atoms with Crippen LogP contribution in [0, 0.1) is 6.92 Å². The number of nitrogens with zero attached hydrogens (tertiary/aromatic N) is 1. The first-order chi connectivity index (χ1) is 19.4. The van der Waals surface area contributed by atoms with Crippen LogP contribution in [0.2, 0.25) is 0 Å². The van der Waals surface area contributed by atoms with Gasteiger partial charge in [-0.3, -0.25) is 9.59 Å². The average Bonchev–Trinajstić information content (AvgIpc) is 2.93. The molecule has 0 saturated carbocycles. The Kier molecular flexibility index (Phi) is 10.4. The molecule has 3 aromatic carbocycles. The molecule has 41 heavy (non-hydrogen) atoms. The smallest absolute Gasteiger partial charge is 0.475 e. The zero-order valence-electron chi connectivity index (χ0n) is 22.1. The van der Waals surface area contributed by atoms with Crippen LogP contribution in [-0.4, -0.2) is 40.1 Å². The second-order valence-corrected chi connectivity index (χ2v) is 9.18. The first-order valence-electron chi connectivity index (χ1n) is 12.5. The largest absolute Gasteiger partial charge is 0.490 e. The lowest BCUT2D eigenvalue weighted by Crippen LogP contribution is -2.48. The van der Waals surface area contributed by atoms with E-state index >= 15 is 0 Å². The Balaban J connectivity index is 0.000000587. The number of carbonyl (C=O) groups excluding carboxylic acids is 2. The number of benzene rings is 3. The molecule has 214 valence electrons.